The minimum absolute atomic E-state index is 0. The lowest BCUT2D eigenvalue weighted by Gasteiger charge is -2.22. The minimum Gasteiger partial charge on any atom is -0.382 e. The first kappa shape index (κ1) is 23.4. The van der Waals surface area contributed by atoms with Crippen molar-refractivity contribution in [3.63, 3.8) is 0 Å². The maximum absolute atomic E-state index is 12.2. The van der Waals surface area contributed by atoms with Crippen LogP contribution in [0.4, 0.5) is 5.69 Å². The number of nitrogens with one attached hydrogen (secondary N) is 3. The molecule has 2 rings (SSSR count). The van der Waals surface area contributed by atoms with Crippen LogP contribution in [0.3, 0.4) is 0 Å². The predicted octanol–water partition coefficient (Wildman–Crippen LogP) is 2.98. The van der Waals surface area contributed by atoms with Gasteiger partial charge in [-0.05, 0) is 69.8 Å². The number of amides is 2. The van der Waals surface area contributed by atoms with Crippen LogP contribution >= 0.6 is 12.4 Å². The molecular formula is C20H32ClN3O3. The van der Waals surface area contributed by atoms with E-state index in [-0.39, 0.29) is 24.2 Å². The van der Waals surface area contributed by atoms with Crippen LogP contribution in [0.2, 0.25) is 0 Å². The quantitative estimate of drug-likeness (QED) is 0.530. The second kappa shape index (κ2) is 13.5. The molecule has 27 heavy (non-hydrogen) atoms. The summed E-state index contributed by atoms with van der Waals surface area (Å²) in [5, 5.41) is 9.11. The molecule has 0 radical (unpaired) electrons. The first-order valence-corrected chi connectivity index (χ1v) is 9.65. The fourth-order valence-electron chi connectivity index (χ4n) is 3.09. The molecule has 0 aliphatic carbocycles. The van der Waals surface area contributed by atoms with E-state index in [4.69, 9.17) is 4.74 Å². The van der Waals surface area contributed by atoms with Crippen LogP contribution in [0.1, 0.15) is 49.4 Å². The van der Waals surface area contributed by atoms with Gasteiger partial charge in [0, 0.05) is 37.4 Å². The smallest absolute Gasteiger partial charge is 0.251 e. The van der Waals surface area contributed by atoms with Gasteiger partial charge in [-0.25, -0.2) is 0 Å². The van der Waals surface area contributed by atoms with Gasteiger partial charge in [0.25, 0.3) is 5.91 Å². The van der Waals surface area contributed by atoms with Gasteiger partial charge in [0.05, 0.1) is 0 Å². The molecule has 0 bridgehead atoms. The summed E-state index contributed by atoms with van der Waals surface area (Å²) in [7, 11) is 0. The van der Waals surface area contributed by atoms with E-state index < -0.39 is 0 Å². The molecule has 1 aliphatic rings. The first-order valence-electron chi connectivity index (χ1n) is 9.65. The molecular weight excluding hydrogens is 366 g/mol. The molecule has 6 nitrogen and oxygen atoms in total. The van der Waals surface area contributed by atoms with Crippen LogP contribution in [-0.2, 0) is 9.53 Å². The summed E-state index contributed by atoms with van der Waals surface area (Å²) in [5.41, 5.74) is 1.22. The SMILES string of the molecule is CCOCCCNC(=O)c1cccc(NC(=O)CCC2CCNCC2)c1.Cl. The second-order valence-electron chi connectivity index (χ2n) is 6.67. The number of anilines is 1. The van der Waals surface area contributed by atoms with E-state index >= 15 is 0 Å². The third kappa shape index (κ3) is 9.22. The van der Waals surface area contributed by atoms with Crippen LogP contribution in [0.15, 0.2) is 24.3 Å². The lowest BCUT2D eigenvalue weighted by Crippen LogP contribution is -2.28. The van der Waals surface area contributed by atoms with Gasteiger partial charge in [0.1, 0.15) is 0 Å². The van der Waals surface area contributed by atoms with Gasteiger partial charge in [-0.3, -0.25) is 9.59 Å². The van der Waals surface area contributed by atoms with Crippen molar-refractivity contribution in [1.82, 2.24) is 10.6 Å². The van der Waals surface area contributed by atoms with E-state index in [1.54, 1.807) is 18.2 Å². The van der Waals surface area contributed by atoms with Crippen LogP contribution in [0.25, 0.3) is 0 Å². The molecule has 152 valence electrons. The molecule has 0 unspecified atom stereocenters. The summed E-state index contributed by atoms with van der Waals surface area (Å²) < 4.78 is 5.25. The normalized spacial score (nSPS) is 14.3. The number of hydrogen-bond acceptors (Lipinski definition) is 4. The first-order chi connectivity index (χ1) is 12.7. The van der Waals surface area contributed by atoms with Gasteiger partial charge in [0.2, 0.25) is 5.91 Å². The monoisotopic (exact) mass is 397 g/mol. The Morgan fingerprint density at radius 1 is 1.26 bits per heavy atom. The molecule has 1 aromatic carbocycles. The number of carbonyl (C=O) groups excluding carboxylic acids is 2. The molecule has 1 fully saturated rings. The highest BCUT2D eigenvalue weighted by atomic mass is 35.5. The summed E-state index contributed by atoms with van der Waals surface area (Å²) in [4.78, 5) is 24.3. The van der Waals surface area contributed by atoms with Crippen LogP contribution in [-0.4, -0.2) is 44.7 Å². The molecule has 1 aromatic rings. The number of hydrogen-bond donors (Lipinski definition) is 3. The fourth-order valence-corrected chi connectivity index (χ4v) is 3.09. The Morgan fingerprint density at radius 2 is 2.04 bits per heavy atom. The Balaban J connectivity index is 0.00000364. The zero-order valence-electron chi connectivity index (χ0n) is 16.1. The van der Waals surface area contributed by atoms with Gasteiger partial charge in [-0.2, -0.15) is 0 Å². The van der Waals surface area contributed by atoms with E-state index in [1.807, 2.05) is 13.0 Å². The summed E-state index contributed by atoms with van der Waals surface area (Å²) >= 11 is 0. The molecule has 7 heteroatoms. The third-order valence-electron chi connectivity index (χ3n) is 4.60. The molecule has 3 N–H and O–H groups in total. The van der Waals surface area contributed by atoms with Crippen molar-refractivity contribution >= 4 is 29.9 Å². The Bertz CT molecular complexity index is 577. The molecule has 0 spiro atoms. The van der Waals surface area contributed by atoms with E-state index in [0.717, 1.165) is 38.8 Å². The summed E-state index contributed by atoms with van der Waals surface area (Å²) in [6.07, 6.45) is 4.52. The molecule has 1 heterocycles. The van der Waals surface area contributed by atoms with Crippen molar-refractivity contribution in [2.45, 2.75) is 39.0 Å². The maximum atomic E-state index is 12.2. The van der Waals surface area contributed by atoms with Gasteiger partial charge >= 0.3 is 0 Å². The van der Waals surface area contributed by atoms with Crippen LogP contribution in [0, 0.1) is 5.92 Å². The number of ether oxygens (including phenoxy) is 1. The van der Waals surface area contributed by atoms with Crippen LogP contribution in [0.5, 0.6) is 0 Å². The highest BCUT2D eigenvalue weighted by molar-refractivity contribution is 5.97. The van der Waals surface area contributed by atoms with E-state index in [0.29, 0.717) is 43.3 Å². The van der Waals surface area contributed by atoms with Crippen LogP contribution < -0.4 is 16.0 Å². The van der Waals surface area contributed by atoms with E-state index in [1.165, 1.54) is 0 Å². The molecule has 1 saturated heterocycles. The van der Waals surface area contributed by atoms with E-state index in [2.05, 4.69) is 16.0 Å². The average Bonchev–Trinajstić information content (AvgIpc) is 2.67. The number of halogens is 1. The highest BCUT2D eigenvalue weighted by Gasteiger charge is 2.15. The van der Waals surface area contributed by atoms with Crippen molar-refractivity contribution in [3.05, 3.63) is 29.8 Å². The predicted molar refractivity (Wildman–Crippen MR) is 111 cm³/mol. The Labute approximate surface area is 168 Å². The standard InChI is InChI=1S/C20H31N3O3.ClH/c1-2-26-14-4-11-22-20(25)17-5-3-6-18(15-17)23-19(24)8-7-16-9-12-21-13-10-16;/h3,5-6,15-16,21H,2,4,7-14H2,1H3,(H,22,25)(H,23,24);1H. The minimum atomic E-state index is -0.132. The maximum Gasteiger partial charge on any atom is 0.251 e. The van der Waals surface area contributed by atoms with Crippen molar-refractivity contribution in [1.29, 1.82) is 0 Å². The van der Waals surface area contributed by atoms with Crippen molar-refractivity contribution in [3.8, 4) is 0 Å². The number of carbonyl (C=O) groups is 2. The lowest BCUT2D eigenvalue weighted by molar-refractivity contribution is -0.116. The molecule has 0 atom stereocenters. The van der Waals surface area contributed by atoms with Gasteiger partial charge in [-0.1, -0.05) is 6.07 Å². The van der Waals surface area contributed by atoms with Gasteiger partial charge < -0.3 is 20.7 Å². The fraction of sp³-hybridized carbons (Fsp3) is 0.600. The third-order valence-corrected chi connectivity index (χ3v) is 4.60. The number of rotatable bonds is 10. The molecule has 2 amide bonds. The zero-order valence-corrected chi connectivity index (χ0v) is 16.9. The Kier molecular flexibility index (Phi) is 11.7. The number of piperidine rings is 1. The summed E-state index contributed by atoms with van der Waals surface area (Å²) in [5.74, 6) is 0.515. The number of benzene rings is 1. The lowest BCUT2D eigenvalue weighted by atomic mass is 9.93. The summed E-state index contributed by atoms with van der Waals surface area (Å²) in [6.45, 7) is 5.95. The van der Waals surface area contributed by atoms with Crippen molar-refractivity contribution < 1.29 is 14.3 Å². The molecule has 0 aromatic heterocycles. The van der Waals surface area contributed by atoms with E-state index in [9.17, 15) is 9.59 Å². The summed E-state index contributed by atoms with van der Waals surface area (Å²) in [6, 6.07) is 7.08. The van der Waals surface area contributed by atoms with Gasteiger partial charge in [0.15, 0.2) is 0 Å². The Morgan fingerprint density at radius 3 is 2.78 bits per heavy atom. The van der Waals surface area contributed by atoms with Gasteiger partial charge in [-0.15, -0.1) is 12.4 Å². The second-order valence-corrected chi connectivity index (χ2v) is 6.67. The largest absolute Gasteiger partial charge is 0.382 e. The molecule has 1 aliphatic heterocycles. The highest BCUT2D eigenvalue weighted by Crippen LogP contribution is 2.18. The average molecular weight is 398 g/mol. The Hall–Kier alpha value is -1.63. The topological polar surface area (TPSA) is 79.5 Å². The van der Waals surface area contributed by atoms with Crippen molar-refractivity contribution in [2.75, 3.05) is 38.2 Å². The zero-order chi connectivity index (χ0) is 18.6. The van der Waals surface area contributed by atoms with Crippen molar-refractivity contribution in [2.24, 2.45) is 5.92 Å². The molecule has 0 saturated carbocycles.